The summed E-state index contributed by atoms with van der Waals surface area (Å²) in [7, 11) is 1.38. The summed E-state index contributed by atoms with van der Waals surface area (Å²) in [6.45, 7) is 2.16. The number of halogens is 1. The molecule has 1 heterocycles. The molecular formula is C10H14BrNO2S. The monoisotopic (exact) mass is 291 g/mol. The molecule has 0 saturated carbocycles. The first kappa shape index (κ1) is 12.6. The lowest BCUT2D eigenvalue weighted by molar-refractivity contribution is 0.0593. The number of carbonyl (C=O) groups is 1. The van der Waals surface area contributed by atoms with Crippen LogP contribution in [0.25, 0.3) is 0 Å². The number of hydrogen-bond donors (Lipinski definition) is 0. The Kier molecular flexibility index (Phi) is 5.25. The molecule has 0 spiro atoms. The van der Waals surface area contributed by atoms with Gasteiger partial charge < -0.3 is 4.74 Å². The predicted octanol–water partition coefficient (Wildman–Crippen LogP) is 3.42. The number of thiazole rings is 1. The molecule has 1 rings (SSSR count). The average Bonchev–Trinajstić information content (AvgIpc) is 2.59. The fourth-order valence-electron chi connectivity index (χ4n) is 1.28. The van der Waals surface area contributed by atoms with Gasteiger partial charge in [0.2, 0.25) is 0 Å². The Morgan fingerprint density at radius 2 is 2.27 bits per heavy atom. The van der Waals surface area contributed by atoms with Crippen LogP contribution in [0.4, 0.5) is 0 Å². The number of unbranched alkanes of at least 4 members (excludes halogenated alkanes) is 2. The van der Waals surface area contributed by atoms with Crippen LogP contribution in [-0.4, -0.2) is 18.1 Å². The van der Waals surface area contributed by atoms with Crippen molar-refractivity contribution >= 4 is 33.2 Å². The molecule has 1 aromatic rings. The van der Waals surface area contributed by atoms with Gasteiger partial charge in [-0.3, -0.25) is 0 Å². The van der Waals surface area contributed by atoms with E-state index in [0.717, 1.165) is 21.6 Å². The van der Waals surface area contributed by atoms with Crippen molar-refractivity contribution in [3.8, 4) is 0 Å². The topological polar surface area (TPSA) is 39.2 Å². The molecular weight excluding hydrogens is 278 g/mol. The Bertz CT molecular complexity index is 338. The first-order chi connectivity index (χ1) is 7.19. The second kappa shape index (κ2) is 6.23. The molecule has 0 aliphatic heterocycles. The molecule has 0 atom stereocenters. The number of nitrogens with zero attached hydrogens (tertiary/aromatic N) is 1. The molecule has 5 heteroatoms. The van der Waals surface area contributed by atoms with Crippen molar-refractivity contribution in [2.45, 2.75) is 32.6 Å². The van der Waals surface area contributed by atoms with Crippen molar-refractivity contribution in [1.82, 2.24) is 4.98 Å². The molecule has 0 fully saturated rings. The van der Waals surface area contributed by atoms with Crippen molar-refractivity contribution in [2.75, 3.05) is 7.11 Å². The van der Waals surface area contributed by atoms with Gasteiger partial charge in [0.05, 0.1) is 7.11 Å². The van der Waals surface area contributed by atoms with E-state index in [1.54, 1.807) is 0 Å². The minimum absolute atomic E-state index is 0.344. The summed E-state index contributed by atoms with van der Waals surface area (Å²) in [6.07, 6.45) is 4.35. The highest BCUT2D eigenvalue weighted by molar-refractivity contribution is 9.11. The second-order valence-electron chi connectivity index (χ2n) is 3.19. The maximum absolute atomic E-state index is 11.4. The largest absolute Gasteiger partial charge is 0.464 e. The molecule has 84 valence electrons. The van der Waals surface area contributed by atoms with E-state index in [0.29, 0.717) is 5.69 Å². The summed E-state index contributed by atoms with van der Waals surface area (Å²) in [5, 5.41) is 0. The van der Waals surface area contributed by atoms with Crippen molar-refractivity contribution < 1.29 is 9.53 Å². The number of methoxy groups -OCH3 is 1. The lowest BCUT2D eigenvalue weighted by Gasteiger charge is -1.99. The number of aromatic nitrogens is 1. The predicted molar refractivity (Wildman–Crippen MR) is 64.4 cm³/mol. The third-order valence-electron chi connectivity index (χ3n) is 2.06. The molecule has 0 saturated heterocycles. The quantitative estimate of drug-likeness (QED) is 0.616. The molecule has 15 heavy (non-hydrogen) atoms. The maximum Gasteiger partial charge on any atom is 0.357 e. The zero-order valence-electron chi connectivity index (χ0n) is 8.88. The highest BCUT2D eigenvalue weighted by Gasteiger charge is 2.17. The smallest absolute Gasteiger partial charge is 0.357 e. The van der Waals surface area contributed by atoms with Crippen LogP contribution in [0.5, 0.6) is 0 Å². The molecule has 3 nitrogen and oxygen atoms in total. The summed E-state index contributed by atoms with van der Waals surface area (Å²) < 4.78 is 5.43. The lowest BCUT2D eigenvalue weighted by atomic mass is 10.1. The molecule has 0 amide bonds. The third-order valence-corrected chi connectivity index (χ3v) is 3.62. The number of aryl methyl sites for hydroxylation is 1. The summed E-state index contributed by atoms with van der Waals surface area (Å²) >= 11 is 4.80. The standard InChI is InChI=1S/C10H14BrNO2S/c1-3-4-5-6-7-8(9(13)14-2)12-10(11)15-7/h3-6H2,1-2H3. The minimum Gasteiger partial charge on any atom is -0.464 e. The first-order valence-electron chi connectivity index (χ1n) is 4.92. The van der Waals surface area contributed by atoms with E-state index in [-0.39, 0.29) is 5.97 Å². The van der Waals surface area contributed by atoms with Gasteiger partial charge in [0.1, 0.15) is 0 Å². The fourth-order valence-corrected chi connectivity index (χ4v) is 2.86. The molecule has 0 radical (unpaired) electrons. The van der Waals surface area contributed by atoms with Gasteiger partial charge in [-0.05, 0) is 28.8 Å². The van der Waals surface area contributed by atoms with Crippen molar-refractivity contribution in [3.63, 3.8) is 0 Å². The van der Waals surface area contributed by atoms with Crippen LogP contribution >= 0.6 is 27.3 Å². The highest BCUT2D eigenvalue weighted by atomic mass is 79.9. The lowest BCUT2D eigenvalue weighted by Crippen LogP contribution is -2.04. The Balaban J connectivity index is 2.72. The summed E-state index contributed by atoms with van der Waals surface area (Å²) in [4.78, 5) is 16.5. The fraction of sp³-hybridized carbons (Fsp3) is 0.600. The average molecular weight is 292 g/mol. The molecule has 0 N–H and O–H groups in total. The van der Waals surface area contributed by atoms with Crippen LogP contribution in [0.2, 0.25) is 0 Å². The number of ether oxygens (including phenoxy) is 1. The first-order valence-corrected chi connectivity index (χ1v) is 6.53. The van der Waals surface area contributed by atoms with Crippen LogP contribution in [0.1, 0.15) is 41.6 Å². The van der Waals surface area contributed by atoms with Gasteiger partial charge in [-0.1, -0.05) is 19.8 Å². The number of carbonyl (C=O) groups excluding carboxylic acids is 1. The van der Waals surface area contributed by atoms with Crippen molar-refractivity contribution in [1.29, 1.82) is 0 Å². The van der Waals surface area contributed by atoms with E-state index in [4.69, 9.17) is 0 Å². The molecule has 0 aliphatic carbocycles. The summed E-state index contributed by atoms with van der Waals surface area (Å²) in [5.74, 6) is -0.344. The maximum atomic E-state index is 11.4. The molecule has 1 aromatic heterocycles. The van der Waals surface area contributed by atoms with Gasteiger partial charge in [-0.25, -0.2) is 9.78 Å². The Morgan fingerprint density at radius 1 is 1.53 bits per heavy atom. The Hall–Kier alpha value is -0.420. The third kappa shape index (κ3) is 3.57. The Labute approximate surface area is 102 Å². The normalized spacial score (nSPS) is 10.3. The van der Waals surface area contributed by atoms with Crippen LogP contribution in [0.15, 0.2) is 3.92 Å². The van der Waals surface area contributed by atoms with Crippen LogP contribution in [0, 0.1) is 0 Å². The van der Waals surface area contributed by atoms with E-state index < -0.39 is 0 Å². The van der Waals surface area contributed by atoms with E-state index >= 15 is 0 Å². The molecule has 0 bridgehead atoms. The summed E-state index contributed by atoms with van der Waals surface area (Å²) in [6, 6.07) is 0. The highest BCUT2D eigenvalue weighted by Crippen LogP contribution is 2.25. The van der Waals surface area contributed by atoms with Gasteiger partial charge >= 0.3 is 5.97 Å². The van der Waals surface area contributed by atoms with Gasteiger partial charge in [0.15, 0.2) is 9.61 Å². The zero-order chi connectivity index (χ0) is 11.3. The van der Waals surface area contributed by atoms with Crippen LogP contribution < -0.4 is 0 Å². The Morgan fingerprint density at radius 3 is 2.87 bits per heavy atom. The number of rotatable bonds is 5. The van der Waals surface area contributed by atoms with Crippen LogP contribution in [-0.2, 0) is 11.2 Å². The SMILES string of the molecule is CCCCCc1sc(Br)nc1C(=O)OC. The van der Waals surface area contributed by atoms with Gasteiger partial charge in [-0.15, -0.1) is 11.3 Å². The van der Waals surface area contributed by atoms with Gasteiger partial charge in [0, 0.05) is 4.88 Å². The van der Waals surface area contributed by atoms with E-state index in [1.807, 2.05) is 0 Å². The number of esters is 1. The molecule has 0 aromatic carbocycles. The van der Waals surface area contributed by atoms with E-state index in [2.05, 4.69) is 32.6 Å². The molecule has 0 unspecified atom stereocenters. The van der Waals surface area contributed by atoms with E-state index in [9.17, 15) is 4.79 Å². The minimum atomic E-state index is -0.344. The van der Waals surface area contributed by atoms with Crippen molar-refractivity contribution in [3.05, 3.63) is 14.5 Å². The van der Waals surface area contributed by atoms with Gasteiger partial charge in [-0.2, -0.15) is 0 Å². The van der Waals surface area contributed by atoms with E-state index in [1.165, 1.54) is 31.3 Å². The zero-order valence-corrected chi connectivity index (χ0v) is 11.3. The summed E-state index contributed by atoms with van der Waals surface area (Å²) in [5.41, 5.74) is 0.463. The van der Waals surface area contributed by atoms with Crippen molar-refractivity contribution in [2.24, 2.45) is 0 Å². The van der Waals surface area contributed by atoms with Crippen LogP contribution in [0.3, 0.4) is 0 Å². The molecule has 0 aliphatic rings. The van der Waals surface area contributed by atoms with Gasteiger partial charge in [0.25, 0.3) is 0 Å². The number of hydrogen-bond acceptors (Lipinski definition) is 4. The second-order valence-corrected chi connectivity index (χ2v) is 5.55.